The molecule has 0 heterocycles. The maximum atomic E-state index is 10.6. The number of aliphatic carboxylic acids is 1. The molecule has 1 aromatic rings. The molecule has 0 saturated carbocycles. The van der Waals surface area contributed by atoms with Gasteiger partial charge >= 0.3 is 5.97 Å². The Morgan fingerprint density at radius 1 is 1.41 bits per heavy atom. The van der Waals surface area contributed by atoms with Crippen LogP contribution in [0.15, 0.2) is 18.2 Å². The molecule has 1 rings (SSSR count). The van der Waals surface area contributed by atoms with Crippen molar-refractivity contribution in [3.05, 3.63) is 23.8 Å². The number of aryl methyl sites for hydroxylation is 1. The van der Waals surface area contributed by atoms with Crippen molar-refractivity contribution in [1.29, 1.82) is 0 Å². The first-order valence-corrected chi connectivity index (χ1v) is 5.27. The molecule has 0 amide bonds. The molecule has 0 saturated heterocycles. The number of hydrogen-bond donors (Lipinski definition) is 2. The molecule has 0 aliphatic heterocycles. The van der Waals surface area contributed by atoms with Gasteiger partial charge in [0.05, 0.1) is 14.2 Å². The molecule has 5 heteroatoms. The second-order valence-electron chi connectivity index (χ2n) is 3.66. The summed E-state index contributed by atoms with van der Waals surface area (Å²) in [6.07, 6.45) is 0.896. The van der Waals surface area contributed by atoms with Crippen LogP contribution >= 0.6 is 0 Å². The molecule has 0 aromatic heterocycles. The fraction of sp³-hybridized carbons (Fsp3) is 0.417. The first-order valence-electron chi connectivity index (χ1n) is 5.27. The molecule has 0 radical (unpaired) electrons. The lowest BCUT2D eigenvalue weighted by atomic mass is 10.0. The highest BCUT2D eigenvalue weighted by molar-refractivity contribution is 5.73. The second kappa shape index (κ2) is 6.10. The van der Waals surface area contributed by atoms with Crippen LogP contribution in [0.25, 0.3) is 0 Å². The normalized spacial score (nSPS) is 11.9. The molecule has 1 atom stereocenters. The van der Waals surface area contributed by atoms with Crippen molar-refractivity contribution >= 4 is 5.97 Å². The summed E-state index contributed by atoms with van der Waals surface area (Å²) >= 11 is 0. The van der Waals surface area contributed by atoms with Gasteiger partial charge < -0.3 is 20.3 Å². The van der Waals surface area contributed by atoms with Crippen LogP contribution in [0.1, 0.15) is 12.0 Å². The van der Waals surface area contributed by atoms with Crippen molar-refractivity contribution in [3.8, 4) is 11.5 Å². The Balaban J connectivity index is 2.77. The van der Waals surface area contributed by atoms with E-state index in [1.54, 1.807) is 26.4 Å². The van der Waals surface area contributed by atoms with E-state index < -0.39 is 12.0 Å². The molecular weight excluding hydrogens is 222 g/mol. The number of hydrogen-bond acceptors (Lipinski definition) is 4. The van der Waals surface area contributed by atoms with Gasteiger partial charge in [0, 0.05) is 0 Å². The van der Waals surface area contributed by atoms with Gasteiger partial charge in [-0.2, -0.15) is 0 Å². The molecule has 17 heavy (non-hydrogen) atoms. The quantitative estimate of drug-likeness (QED) is 0.775. The maximum absolute atomic E-state index is 10.6. The number of methoxy groups -OCH3 is 2. The first kappa shape index (κ1) is 13.3. The Kier molecular flexibility index (Phi) is 4.78. The fourth-order valence-electron chi connectivity index (χ4n) is 1.51. The van der Waals surface area contributed by atoms with Gasteiger partial charge in [-0.25, -0.2) is 0 Å². The van der Waals surface area contributed by atoms with Crippen LogP contribution < -0.4 is 15.2 Å². The van der Waals surface area contributed by atoms with E-state index in [0.29, 0.717) is 24.3 Å². The van der Waals surface area contributed by atoms with E-state index in [-0.39, 0.29) is 0 Å². The highest BCUT2D eigenvalue weighted by atomic mass is 16.5. The van der Waals surface area contributed by atoms with E-state index in [1.807, 2.05) is 6.07 Å². The smallest absolute Gasteiger partial charge is 0.320 e. The number of carboxylic acids is 1. The summed E-state index contributed by atoms with van der Waals surface area (Å²) in [5.41, 5.74) is 6.35. The third kappa shape index (κ3) is 3.64. The third-order valence-corrected chi connectivity index (χ3v) is 2.53. The lowest BCUT2D eigenvalue weighted by molar-refractivity contribution is -0.138. The minimum absolute atomic E-state index is 0.360. The molecular formula is C12H17NO4. The number of nitrogens with two attached hydrogens (primary N) is 1. The van der Waals surface area contributed by atoms with Gasteiger partial charge in [-0.1, -0.05) is 0 Å². The SMILES string of the molecule is COc1ccc(OC)c(CC[C@H](N)C(=O)O)c1. The summed E-state index contributed by atoms with van der Waals surface area (Å²) in [6.45, 7) is 0. The highest BCUT2D eigenvalue weighted by Gasteiger charge is 2.13. The minimum Gasteiger partial charge on any atom is -0.497 e. The Labute approximate surface area is 100 Å². The lowest BCUT2D eigenvalue weighted by Crippen LogP contribution is -2.30. The average Bonchev–Trinajstić information content (AvgIpc) is 2.35. The molecule has 3 N–H and O–H groups in total. The van der Waals surface area contributed by atoms with Crippen LogP contribution in [0, 0.1) is 0 Å². The van der Waals surface area contributed by atoms with Crippen LogP contribution in [0.5, 0.6) is 11.5 Å². The highest BCUT2D eigenvalue weighted by Crippen LogP contribution is 2.25. The zero-order chi connectivity index (χ0) is 12.8. The molecule has 0 aliphatic carbocycles. The van der Waals surface area contributed by atoms with Gasteiger partial charge in [-0.3, -0.25) is 4.79 Å². The van der Waals surface area contributed by atoms with E-state index >= 15 is 0 Å². The van der Waals surface area contributed by atoms with Gasteiger partial charge in [0.2, 0.25) is 0 Å². The Morgan fingerprint density at radius 3 is 2.65 bits per heavy atom. The predicted octanol–water partition coefficient (Wildman–Crippen LogP) is 1.05. The van der Waals surface area contributed by atoms with Gasteiger partial charge in [0.25, 0.3) is 0 Å². The third-order valence-electron chi connectivity index (χ3n) is 2.53. The van der Waals surface area contributed by atoms with Crippen molar-refractivity contribution in [2.45, 2.75) is 18.9 Å². The van der Waals surface area contributed by atoms with Crippen molar-refractivity contribution in [1.82, 2.24) is 0 Å². The molecule has 0 unspecified atom stereocenters. The van der Waals surface area contributed by atoms with Gasteiger partial charge in [0.1, 0.15) is 17.5 Å². The predicted molar refractivity (Wildman–Crippen MR) is 63.5 cm³/mol. The summed E-state index contributed by atoms with van der Waals surface area (Å²) in [6, 6.07) is 4.55. The molecule has 1 aromatic carbocycles. The molecule has 0 fully saturated rings. The summed E-state index contributed by atoms with van der Waals surface area (Å²) in [5.74, 6) is 0.431. The van der Waals surface area contributed by atoms with Crippen molar-refractivity contribution in [3.63, 3.8) is 0 Å². The molecule has 94 valence electrons. The minimum atomic E-state index is -0.994. The number of benzene rings is 1. The fourth-order valence-corrected chi connectivity index (χ4v) is 1.51. The standard InChI is InChI=1S/C12H17NO4/c1-16-9-4-6-11(17-2)8(7-9)3-5-10(13)12(14)15/h4,6-7,10H,3,5,13H2,1-2H3,(H,14,15)/t10-/m0/s1. The summed E-state index contributed by atoms with van der Waals surface area (Å²) in [7, 11) is 3.15. The van der Waals surface area contributed by atoms with Crippen LogP contribution in [0.3, 0.4) is 0 Å². The van der Waals surface area contributed by atoms with E-state index in [2.05, 4.69) is 0 Å². The molecule has 5 nitrogen and oxygen atoms in total. The Hall–Kier alpha value is -1.75. The zero-order valence-electron chi connectivity index (χ0n) is 9.97. The van der Waals surface area contributed by atoms with Gasteiger partial charge in [0.15, 0.2) is 0 Å². The van der Waals surface area contributed by atoms with E-state index in [0.717, 1.165) is 5.56 Å². The second-order valence-corrected chi connectivity index (χ2v) is 3.66. The largest absolute Gasteiger partial charge is 0.497 e. The topological polar surface area (TPSA) is 81.8 Å². The Morgan fingerprint density at radius 2 is 2.12 bits per heavy atom. The molecule has 0 spiro atoms. The monoisotopic (exact) mass is 239 g/mol. The van der Waals surface area contributed by atoms with Crippen molar-refractivity contribution < 1.29 is 19.4 Å². The number of carbonyl (C=O) groups is 1. The van der Waals surface area contributed by atoms with Crippen molar-refractivity contribution in [2.24, 2.45) is 5.73 Å². The van der Waals surface area contributed by atoms with Gasteiger partial charge in [-0.15, -0.1) is 0 Å². The summed E-state index contributed by atoms with van der Waals surface area (Å²) < 4.78 is 10.3. The van der Waals surface area contributed by atoms with Crippen LogP contribution in [-0.4, -0.2) is 31.3 Å². The maximum Gasteiger partial charge on any atom is 0.320 e. The molecule has 0 aliphatic rings. The lowest BCUT2D eigenvalue weighted by Gasteiger charge is -2.11. The Bertz CT molecular complexity index is 392. The first-order chi connectivity index (χ1) is 8.08. The summed E-state index contributed by atoms with van der Waals surface area (Å²) in [5, 5.41) is 8.71. The van der Waals surface area contributed by atoms with Gasteiger partial charge in [-0.05, 0) is 36.6 Å². The summed E-state index contributed by atoms with van der Waals surface area (Å²) in [4.78, 5) is 10.6. The van der Waals surface area contributed by atoms with Crippen LogP contribution in [-0.2, 0) is 11.2 Å². The number of rotatable bonds is 6. The zero-order valence-corrected chi connectivity index (χ0v) is 9.97. The van der Waals surface area contributed by atoms with Crippen molar-refractivity contribution in [2.75, 3.05) is 14.2 Å². The van der Waals surface area contributed by atoms with E-state index in [1.165, 1.54) is 0 Å². The molecule has 0 bridgehead atoms. The van der Waals surface area contributed by atoms with E-state index in [9.17, 15) is 4.79 Å². The van der Waals surface area contributed by atoms with Crippen LogP contribution in [0.2, 0.25) is 0 Å². The number of ether oxygens (including phenoxy) is 2. The average molecular weight is 239 g/mol. The number of carboxylic acid groups (broad SMARTS) is 1. The van der Waals surface area contributed by atoms with E-state index in [4.69, 9.17) is 20.3 Å². The van der Waals surface area contributed by atoms with Crippen LogP contribution in [0.4, 0.5) is 0 Å².